The molecule has 2 N–H and O–H groups in total. The van der Waals surface area contributed by atoms with Crippen LogP contribution in [0.1, 0.15) is 13.8 Å². The van der Waals surface area contributed by atoms with Crippen molar-refractivity contribution in [1.29, 1.82) is 0 Å². The van der Waals surface area contributed by atoms with E-state index in [4.69, 9.17) is 15.2 Å². The van der Waals surface area contributed by atoms with Gasteiger partial charge in [0.05, 0.1) is 13.2 Å². The van der Waals surface area contributed by atoms with Crippen LogP contribution in [0.4, 0.5) is 0 Å². The van der Waals surface area contributed by atoms with E-state index >= 15 is 0 Å². The van der Waals surface area contributed by atoms with Crippen molar-refractivity contribution in [3.63, 3.8) is 0 Å². The molecule has 0 fully saturated rings. The third-order valence-corrected chi connectivity index (χ3v) is 1.75. The Labute approximate surface area is 85.0 Å². The Kier molecular flexibility index (Phi) is 11.5. The van der Waals surface area contributed by atoms with E-state index in [0.29, 0.717) is 0 Å². The minimum atomic E-state index is -3.76. The Morgan fingerprint density at radius 3 is 1.69 bits per heavy atom. The van der Waals surface area contributed by atoms with E-state index in [1.807, 2.05) is 0 Å². The van der Waals surface area contributed by atoms with Crippen LogP contribution < -0.4 is 27.9 Å². The lowest BCUT2D eigenvalue weighted by Crippen LogP contribution is -3.98. The Morgan fingerprint density at radius 1 is 1.31 bits per heavy atom. The van der Waals surface area contributed by atoms with E-state index < -0.39 is 28.9 Å². The molecule has 13 heavy (non-hydrogen) atoms. The second-order valence-electron chi connectivity index (χ2n) is 1.51. The summed E-state index contributed by atoms with van der Waals surface area (Å²) in [5, 5.41) is 0. The van der Waals surface area contributed by atoms with Gasteiger partial charge in [-0.1, -0.05) is 0 Å². The Bertz CT molecular complexity index is 139. The molecule has 82 valence electrons. The van der Waals surface area contributed by atoms with Gasteiger partial charge in [-0.3, -0.25) is 9.05 Å². The molecule has 0 radical (unpaired) electrons. The minimum Gasteiger partial charge on any atom is -0.396 e. The molecular weight excluding hydrogens is 318 g/mol. The predicted molar refractivity (Wildman–Crippen MR) is 35.3 cm³/mol. The van der Waals surface area contributed by atoms with Crippen molar-refractivity contribution < 1.29 is 49.9 Å². The minimum absolute atomic E-state index is 0.188. The van der Waals surface area contributed by atoms with Crippen LogP contribution in [0.25, 0.3) is 0 Å². The summed E-state index contributed by atoms with van der Waals surface area (Å²) in [6.07, 6.45) is 0. The summed E-state index contributed by atoms with van der Waals surface area (Å²) >= 11 is -3.76. The summed E-state index contributed by atoms with van der Waals surface area (Å²) in [6, 6.07) is 0. The van der Waals surface area contributed by atoms with Gasteiger partial charge in [-0.2, -0.15) is 0 Å². The van der Waals surface area contributed by atoms with Crippen molar-refractivity contribution in [2.24, 2.45) is 0 Å². The fourth-order valence-corrected chi connectivity index (χ4v) is 1.09. The zero-order valence-corrected chi connectivity index (χ0v) is 10.2. The van der Waals surface area contributed by atoms with Crippen molar-refractivity contribution in [1.82, 2.24) is 0 Å². The second kappa shape index (κ2) is 9.28. The zero-order chi connectivity index (χ0) is 10.9. The summed E-state index contributed by atoms with van der Waals surface area (Å²) in [5.74, 6) is 0. The van der Waals surface area contributed by atoms with E-state index in [2.05, 4.69) is 9.05 Å². The Balaban J connectivity index is 0. The first kappa shape index (κ1) is 16.2. The van der Waals surface area contributed by atoms with Gasteiger partial charge in [0.2, 0.25) is 0 Å². The van der Waals surface area contributed by atoms with Crippen LogP contribution in [0, 0.1) is 0 Å². The van der Waals surface area contributed by atoms with Crippen molar-refractivity contribution in [2.45, 2.75) is 13.8 Å². The number of rotatable bonds is 4. The molecule has 0 aliphatic heterocycles. The quantitative estimate of drug-likeness (QED) is 0.392. The molecule has 0 aromatic rings. The summed E-state index contributed by atoms with van der Waals surface area (Å²) < 4.78 is 43.7. The van der Waals surface area contributed by atoms with Gasteiger partial charge in [-0.25, -0.2) is 4.57 Å². The van der Waals surface area contributed by atoms with Crippen molar-refractivity contribution >= 4 is 7.82 Å². The fraction of sp³-hybridized carbons (Fsp3) is 1.00. The van der Waals surface area contributed by atoms with Crippen LogP contribution in [0.3, 0.4) is 0 Å². The largest absolute Gasteiger partial charge is 0.503 e. The maximum atomic E-state index is 10.5. The zero-order valence-electron chi connectivity index (χ0n) is 7.18. The third-order valence-electron chi connectivity index (χ3n) is 0.584. The topological polar surface area (TPSA) is 122 Å². The molecule has 9 heteroatoms. The van der Waals surface area contributed by atoms with Gasteiger partial charge in [-0.15, -0.1) is 0 Å². The Hall–Kier alpha value is 0.720. The number of phosphoric ester groups is 1. The first-order chi connectivity index (χ1) is 5.85. The molecule has 0 heterocycles. The normalized spacial score (nSPS) is 11.0. The van der Waals surface area contributed by atoms with Crippen molar-refractivity contribution in [2.75, 3.05) is 13.2 Å². The molecule has 0 bridgehead atoms. The third kappa shape index (κ3) is 19.2. The lowest BCUT2D eigenvalue weighted by molar-refractivity contribution is -1.63. The fourth-order valence-electron chi connectivity index (χ4n) is 0.364. The number of hydrogen-bond acceptors (Lipinski definition) is 6. The Morgan fingerprint density at radius 2 is 1.54 bits per heavy atom. The summed E-state index contributed by atoms with van der Waals surface area (Å²) in [5.41, 5.74) is 0. The monoisotopic (exact) mass is 330 g/mol. The lowest BCUT2D eigenvalue weighted by atomic mass is 10.9. The molecule has 0 spiro atoms. The van der Waals surface area contributed by atoms with Gasteiger partial charge in [0.25, 0.3) is 0 Å². The molecule has 7 nitrogen and oxygen atoms in total. The van der Waals surface area contributed by atoms with Gasteiger partial charge in [-0.05, 0) is 17.3 Å². The average molecular weight is 330 g/mol. The molecule has 0 atom stereocenters. The molecule has 0 aliphatic rings. The van der Waals surface area contributed by atoms with E-state index in [1.54, 1.807) is 13.8 Å². The molecule has 0 rings (SSSR count). The summed E-state index contributed by atoms with van der Waals surface area (Å²) in [7, 11) is -3.69. The highest BCUT2D eigenvalue weighted by molar-refractivity contribution is 7.47. The van der Waals surface area contributed by atoms with Gasteiger partial charge >= 0.3 is 28.9 Å². The molecule has 0 unspecified atom stereocenters. The van der Waals surface area contributed by atoms with Crippen molar-refractivity contribution in [3.05, 3.63) is 0 Å². The van der Waals surface area contributed by atoms with Crippen LogP contribution in [0.5, 0.6) is 0 Å². The van der Waals surface area contributed by atoms with E-state index in [9.17, 15) is 4.57 Å². The number of phosphoric acid groups is 1. The molecule has 0 saturated heterocycles. The molecule has 0 aromatic carbocycles. The molecular formula is C4H12IO7P. The van der Waals surface area contributed by atoms with Crippen LogP contribution in [0.2, 0.25) is 0 Å². The second-order valence-corrected chi connectivity index (χ2v) is 4.11. The molecule has 0 amide bonds. The maximum Gasteiger partial charge on any atom is 0.503 e. The smallest absolute Gasteiger partial charge is 0.396 e. The van der Waals surface area contributed by atoms with E-state index in [-0.39, 0.29) is 13.2 Å². The highest BCUT2D eigenvalue weighted by Gasteiger charge is 2.17. The first-order valence-corrected chi connectivity index (χ1v) is 7.44. The van der Waals surface area contributed by atoms with Crippen LogP contribution in [0.15, 0.2) is 0 Å². The standard InChI is InChI=1S/C4H11O4P.HIO3/c1-3-7-9(5,6)8-4-2;2-1(3)4/h3-4H2,1-2H3,(H,5,6);2H. The SMILES string of the molecule is CCOP(=O)(O)OCC.[O-][I+2]([O-])O. The van der Waals surface area contributed by atoms with E-state index in [1.165, 1.54) is 0 Å². The number of halogens is 1. The van der Waals surface area contributed by atoms with Gasteiger partial charge in [0.1, 0.15) is 0 Å². The van der Waals surface area contributed by atoms with Crippen LogP contribution >= 0.6 is 7.82 Å². The van der Waals surface area contributed by atoms with Crippen LogP contribution in [-0.4, -0.2) is 21.5 Å². The number of hydrogen-bond donors (Lipinski definition) is 2. The summed E-state index contributed by atoms with van der Waals surface area (Å²) in [6.45, 7) is 3.63. The average Bonchev–Trinajstić information content (AvgIpc) is 1.84. The van der Waals surface area contributed by atoms with Crippen LogP contribution in [-0.2, 0) is 13.6 Å². The first-order valence-electron chi connectivity index (χ1n) is 3.22. The predicted octanol–water partition coefficient (Wildman–Crippen LogP) is -4.77. The maximum absolute atomic E-state index is 10.5. The van der Waals surface area contributed by atoms with Crippen molar-refractivity contribution in [3.8, 4) is 0 Å². The van der Waals surface area contributed by atoms with Gasteiger partial charge in [0, 0.05) is 0 Å². The lowest BCUT2D eigenvalue weighted by Gasteiger charge is -2.07. The van der Waals surface area contributed by atoms with E-state index in [0.717, 1.165) is 0 Å². The molecule has 0 aliphatic carbocycles. The van der Waals surface area contributed by atoms with Gasteiger partial charge < -0.3 is 11.8 Å². The highest BCUT2D eigenvalue weighted by atomic mass is 127. The van der Waals surface area contributed by atoms with Gasteiger partial charge in [0.15, 0.2) is 0 Å². The molecule has 0 saturated carbocycles. The highest BCUT2D eigenvalue weighted by Crippen LogP contribution is 2.42. The summed E-state index contributed by atoms with van der Waals surface area (Å²) in [4.78, 5) is 8.63. The molecule has 0 aromatic heterocycles.